The van der Waals surface area contributed by atoms with Crippen LogP contribution in [0.15, 0.2) is 85.2 Å². The number of nitrogens with zero attached hydrogens (tertiary/aromatic N) is 2. The molecule has 0 aliphatic carbocycles. The van der Waals surface area contributed by atoms with E-state index in [0.717, 1.165) is 21.9 Å². The molecule has 1 heterocycles. The maximum Gasteiger partial charge on any atom is 0.255 e. The molecule has 1 aromatic heterocycles. The summed E-state index contributed by atoms with van der Waals surface area (Å²) >= 11 is 6.36. The second kappa shape index (κ2) is 10.3. The lowest BCUT2D eigenvalue weighted by Gasteiger charge is -2.22. The smallest absolute Gasteiger partial charge is 0.255 e. The van der Waals surface area contributed by atoms with E-state index < -0.39 is 0 Å². The van der Waals surface area contributed by atoms with E-state index in [1.165, 1.54) is 0 Å². The minimum atomic E-state index is -0.177. The Morgan fingerprint density at radius 2 is 1.82 bits per heavy atom. The van der Waals surface area contributed by atoms with Crippen LogP contribution >= 0.6 is 11.6 Å². The standard InChI is InChI=1S/C27H24ClN3O2/c1-2-31(18-19-7-4-3-5-8-19)27(33)24-16-22(11-12-25(24)28)30-26(32)15-20-9-6-10-21-17-29-14-13-23(20)21/h3-14,16-17H,2,15,18H2,1H3,(H,30,32). The van der Waals surface area contributed by atoms with Crippen molar-refractivity contribution in [3.8, 4) is 0 Å². The number of pyridine rings is 1. The number of benzene rings is 3. The van der Waals surface area contributed by atoms with E-state index in [0.29, 0.717) is 29.4 Å². The molecule has 0 bridgehead atoms. The zero-order valence-electron chi connectivity index (χ0n) is 18.3. The molecule has 0 aliphatic rings. The van der Waals surface area contributed by atoms with Gasteiger partial charge in [-0.25, -0.2) is 0 Å². The van der Waals surface area contributed by atoms with Gasteiger partial charge in [0.2, 0.25) is 5.91 Å². The molecule has 33 heavy (non-hydrogen) atoms. The summed E-state index contributed by atoms with van der Waals surface area (Å²) in [4.78, 5) is 31.8. The molecule has 6 heteroatoms. The van der Waals surface area contributed by atoms with Crippen molar-refractivity contribution in [3.05, 3.63) is 107 Å². The summed E-state index contributed by atoms with van der Waals surface area (Å²) in [5, 5.41) is 5.23. The maximum absolute atomic E-state index is 13.2. The number of aromatic nitrogens is 1. The van der Waals surface area contributed by atoms with E-state index in [2.05, 4.69) is 10.3 Å². The Hall–Kier alpha value is -3.70. The van der Waals surface area contributed by atoms with Crippen molar-refractivity contribution in [2.45, 2.75) is 19.9 Å². The van der Waals surface area contributed by atoms with Crippen LogP contribution in [0.5, 0.6) is 0 Å². The highest BCUT2D eigenvalue weighted by atomic mass is 35.5. The van der Waals surface area contributed by atoms with E-state index >= 15 is 0 Å². The SMILES string of the molecule is CCN(Cc1ccccc1)C(=O)c1cc(NC(=O)Cc2cccc3cnccc23)ccc1Cl. The average molecular weight is 458 g/mol. The van der Waals surface area contributed by atoms with E-state index in [4.69, 9.17) is 11.6 Å². The van der Waals surface area contributed by atoms with Crippen LogP contribution in [-0.2, 0) is 17.8 Å². The Morgan fingerprint density at radius 3 is 2.61 bits per heavy atom. The van der Waals surface area contributed by atoms with Gasteiger partial charge < -0.3 is 10.2 Å². The number of anilines is 1. The zero-order valence-corrected chi connectivity index (χ0v) is 19.0. The van der Waals surface area contributed by atoms with E-state index in [1.54, 1.807) is 35.5 Å². The van der Waals surface area contributed by atoms with Gasteiger partial charge in [-0.2, -0.15) is 0 Å². The van der Waals surface area contributed by atoms with Crippen molar-refractivity contribution in [1.82, 2.24) is 9.88 Å². The number of carbonyl (C=O) groups is 2. The third-order valence-electron chi connectivity index (χ3n) is 5.49. The molecule has 3 aromatic carbocycles. The lowest BCUT2D eigenvalue weighted by Crippen LogP contribution is -2.30. The molecule has 0 fully saturated rings. The number of hydrogen-bond acceptors (Lipinski definition) is 3. The van der Waals surface area contributed by atoms with Gasteiger partial charge >= 0.3 is 0 Å². The Morgan fingerprint density at radius 1 is 1.00 bits per heavy atom. The number of halogens is 1. The Labute approximate surface area is 198 Å². The van der Waals surface area contributed by atoms with Crippen LogP contribution in [0.2, 0.25) is 5.02 Å². The molecule has 0 unspecified atom stereocenters. The molecule has 166 valence electrons. The molecule has 1 N–H and O–H groups in total. The highest BCUT2D eigenvalue weighted by molar-refractivity contribution is 6.34. The summed E-state index contributed by atoms with van der Waals surface area (Å²) < 4.78 is 0. The summed E-state index contributed by atoms with van der Waals surface area (Å²) in [5.74, 6) is -0.347. The van der Waals surface area contributed by atoms with Crippen molar-refractivity contribution in [2.75, 3.05) is 11.9 Å². The normalized spacial score (nSPS) is 10.7. The first-order chi connectivity index (χ1) is 16.0. The summed E-state index contributed by atoms with van der Waals surface area (Å²) in [6.07, 6.45) is 3.71. The summed E-state index contributed by atoms with van der Waals surface area (Å²) in [5.41, 5.74) is 2.85. The lowest BCUT2D eigenvalue weighted by atomic mass is 10.0. The van der Waals surface area contributed by atoms with Gasteiger partial charge in [-0.1, -0.05) is 60.1 Å². The topological polar surface area (TPSA) is 62.3 Å². The van der Waals surface area contributed by atoms with Crippen LogP contribution in [0.1, 0.15) is 28.4 Å². The first kappa shape index (κ1) is 22.5. The Kier molecular flexibility index (Phi) is 7.01. The fourth-order valence-corrected chi connectivity index (χ4v) is 3.99. The van der Waals surface area contributed by atoms with Gasteiger partial charge in [-0.3, -0.25) is 14.6 Å². The van der Waals surface area contributed by atoms with Crippen LogP contribution < -0.4 is 5.32 Å². The van der Waals surface area contributed by atoms with Crippen molar-refractivity contribution in [2.24, 2.45) is 0 Å². The molecule has 5 nitrogen and oxygen atoms in total. The van der Waals surface area contributed by atoms with Crippen LogP contribution in [-0.4, -0.2) is 28.2 Å². The third kappa shape index (κ3) is 5.38. The fraction of sp³-hybridized carbons (Fsp3) is 0.148. The second-order valence-electron chi connectivity index (χ2n) is 7.74. The van der Waals surface area contributed by atoms with Crippen LogP contribution in [0.4, 0.5) is 5.69 Å². The molecule has 0 atom stereocenters. The number of carbonyl (C=O) groups excluding carboxylic acids is 2. The van der Waals surface area contributed by atoms with Crippen molar-refractivity contribution in [3.63, 3.8) is 0 Å². The van der Waals surface area contributed by atoms with Gasteiger partial charge in [0.05, 0.1) is 17.0 Å². The second-order valence-corrected chi connectivity index (χ2v) is 8.15. The molecular weight excluding hydrogens is 434 g/mol. The first-order valence-electron chi connectivity index (χ1n) is 10.8. The number of rotatable bonds is 7. The van der Waals surface area contributed by atoms with Gasteiger partial charge in [0.1, 0.15) is 0 Å². The number of hydrogen-bond donors (Lipinski definition) is 1. The minimum Gasteiger partial charge on any atom is -0.335 e. The molecule has 0 spiro atoms. The summed E-state index contributed by atoms with van der Waals surface area (Å²) in [6.45, 7) is 2.95. The average Bonchev–Trinajstić information content (AvgIpc) is 2.84. The van der Waals surface area contributed by atoms with Gasteiger partial charge in [-0.05, 0) is 47.7 Å². The number of fused-ring (bicyclic) bond motifs is 1. The van der Waals surface area contributed by atoms with Gasteiger partial charge in [0, 0.05) is 36.6 Å². The first-order valence-corrected chi connectivity index (χ1v) is 11.2. The fourth-order valence-electron chi connectivity index (χ4n) is 3.79. The highest BCUT2D eigenvalue weighted by Gasteiger charge is 2.19. The summed E-state index contributed by atoms with van der Waals surface area (Å²) in [7, 11) is 0. The molecule has 2 amide bonds. The molecule has 4 rings (SSSR count). The van der Waals surface area contributed by atoms with E-state index in [-0.39, 0.29) is 18.2 Å². The van der Waals surface area contributed by atoms with E-state index in [9.17, 15) is 9.59 Å². The third-order valence-corrected chi connectivity index (χ3v) is 5.82. The van der Waals surface area contributed by atoms with Gasteiger partial charge in [0.25, 0.3) is 5.91 Å². The monoisotopic (exact) mass is 457 g/mol. The molecule has 0 aliphatic heterocycles. The molecule has 4 aromatic rings. The quantitative estimate of drug-likeness (QED) is 0.385. The van der Waals surface area contributed by atoms with Crippen LogP contribution in [0.25, 0.3) is 10.8 Å². The minimum absolute atomic E-state index is 0.170. The predicted molar refractivity (Wildman–Crippen MR) is 132 cm³/mol. The Bertz CT molecular complexity index is 1290. The molecular formula is C27H24ClN3O2. The number of nitrogens with one attached hydrogen (secondary N) is 1. The molecule has 0 radical (unpaired) electrons. The Balaban J connectivity index is 1.50. The van der Waals surface area contributed by atoms with Crippen LogP contribution in [0.3, 0.4) is 0 Å². The van der Waals surface area contributed by atoms with Crippen molar-refractivity contribution >= 4 is 39.9 Å². The lowest BCUT2D eigenvalue weighted by molar-refractivity contribution is -0.115. The van der Waals surface area contributed by atoms with Crippen molar-refractivity contribution < 1.29 is 9.59 Å². The van der Waals surface area contributed by atoms with Gasteiger partial charge in [0.15, 0.2) is 0 Å². The zero-order chi connectivity index (χ0) is 23.2. The summed E-state index contributed by atoms with van der Waals surface area (Å²) in [6, 6.07) is 22.5. The predicted octanol–water partition coefficient (Wildman–Crippen LogP) is 5.73. The largest absolute Gasteiger partial charge is 0.335 e. The van der Waals surface area contributed by atoms with Gasteiger partial charge in [-0.15, -0.1) is 0 Å². The van der Waals surface area contributed by atoms with Crippen LogP contribution in [0, 0.1) is 0 Å². The highest BCUT2D eigenvalue weighted by Crippen LogP contribution is 2.24. The number of amides is 2. The maximum atomic E-state index is 13.2. The van der Waals surface area contributed by atoms with E-state index in [1.807, 2.05) is 61.5 Å². The van der Waals surface area contributed by atoms with Crippen molar-refractivity contribution in [1.29, 1.82) is 0 Å². The molecule has 0 saturated heterocycles. The molecule has 0 saturated carbocycles.